The molecule has 32 heavy (non-hydrogen) atoms. The molecule has 7 heteroatoms. The fourth-order valence-corrected chi connectivity index (χ4v) is 3.67. The van der Waals surface area contributed by atoms with E-state index in [0.29, 0.717) is 11.7 Å². The van der Waals surface area contributed by atoms with E-state index >= 15 is 0 Å². The minimum absolute atomic E-state index is 0.640. The van der Waals surface area contributed by atoms with Crippen LogP contribution in [0.15, 0.2) is 61.2 Å². The van der Waals surface area contributed by atoms with Gasteiger partial charge in [-0.2, -0.15) is 5.10 Å². The Morgan fingerprint density at radius 2 is 1.84 bits per heavy atom. The molecule has 0 aliphatic carbocycles. The van der Waals surface area contributed by atoms with Crippen LogP contribution >= 0.6 is 0 Å². The van der Waals surface area contributed by atoms with Crippen molar-refractivity contribution in [3.05, 3.63) is 78.4 Å². The van der Waals surface area contributed by atoms with E-state index in [2.05, 4.69) is 71.4 Å². The van der Waals surface area contributed by atoms with E-state index in [9.17, 15) is 0 Å². The fourth-order valence-electron chi connectivity index (χ4n) is 3.67. The molecule has 0 bridgehead atoms. The predicted molar refractivity (Wildman–Crippen MR) is 126 cm³/mol. The van der Waals surface area contributed by atoms with Crippen molar-refractivity contribution < 1.29 is 0 Å². The normalized spacial score (nSPS) is 11.2. The first-order valence-electron chi connectivity index (χ1n) is 11.1. The first-order chi connectivity index (χ1) is 15.6. The first-order valence-corrected chi connectivity index (χ1v) is 11.1. The molecule has 2 aromatic heterocycles. The molecule has 2 heterocycles. The third-order valence-corrected chi connectivity index (χ3v) is 5.44. The van der Waals surface area contributed by atoms with E-state index in [4.69, 9.17) is 10.1 Å². The largest absolute Gasteiger partial charge is 0.249 e. The summed E-state index contributed by atoms with van der Waals surface area (Å²) >= 11 is 0. The van der Waals surface area contributed by atoms with Gasteiger partial charge in [0.2, 0.25) is 0 Å². The van der Waals surface area contributed by atoms with Crippen LogP contribution in [0.4, 0.5) is 0 Å². The zero-order valence-electron chi connectivity index (χ0n) is 18.7. The lowest BCUT2D eigenvalue weighted by Crippen LogP contribution is -2.06. The zero-order valence-corrected chi connectivity index (χ0v) is 18.7. The third-order valence-electron chi connectivity index (χ3n) is 5.44. The highest BCUT2D eigenvalue weighted by molar-refractivity contribution is 5.80. The van der Waals surface area contributed by atoms with Crippen LogP contribution in [0.25, 0.3) is 22.5 Å². The number of allylic oxidation sites excluding steroid dienone is 1. The molecule has 0 unspecified atom stereocenters. The smallest absolute Gasteiger partial charge is 0.180 e. The highest BCUT2D eigenvalue weighted by Crippen LogP contribution is 2.30. The fraction of sp³-hybridized carbons (Fsp3) is 0.320. The Morgan fingerprint density at radius 3 is 2.53 bits per heavy atom. The highest BCUT2D eigenvalue weighted by Gasteiger charge is 2.13. The molecule has 0 atom stereocenters. The van der Waals surface area contributed by atoms with Crippen LogP contribution in [0.2, 0.25) is 0 Å². The van der Waals surface area contributed by atoms with Crippen LogP contribution in [0.1, 0.15) is 43.9 Å². The molecular formula is C25H29N7. The third kappa shape index (κ3) is 5.17. The van der Waals surface area contributed by atoms with Gasteiger partial charge < -0.3 is 0 Å². The number of hydrogen-bond acceptors (Lipinski definition) is 5. The zero-order chi connectivity index (χ0) is 22.3. The highest BCUT2D eigenvalue weighted by atomic mass is 15.5. The number of nitrogens with zero attached hydrogens (tertiary/aromatic N) is 6. The molecule has 0 fully saturated rings. The number of benzene rings is 2. The van der Waals surface area contributed by atoms with Crippen molar-refractivity contribution in [1.82, 2.24) is 35.4 Å². The Hall–Kier alpha value is -3.61. The van der Waals surface area contributed by atoms with Crippen LogP contribution in [-0.4, -0.2) is 35.4 Å². The maximum absolute atomic E-state index is 4.85. The van der Waals surface area contributed by atoms with E-state index in [1.165, 1.54) is 5.56 Å². The number of tetrazole rings is 1. The maximum Gasteiger partial charge on any atom is 0.180 e. The van der Waals surface area contributed by atoms with Gasteiger partial charge in [0.25, 0.3) is 0 Å². The molecule has 7 nitrogen and oxygen atoms in total. The molecule has 4 aromatic rings. The average molecular weight is 428 g/mol. The van der Waals surface area contributed by atoms with E-state index in [-0.39, 0.29) is 0 Å². The topological polar surface area (TPSA) is 85.2 Å². The molecule has 0 saturated carbocycles. The van der Waals surface area contributed by atoms with Crippen molar-refractivity contribution in [2.24, 2.45) is 5.92 Å². The van der Waals surface area contributed by atoms with Crippen molar-refractivity contribution in [2.75, 3.05) is 0 Å². The summed E-state index contributed by atoms with van der Waals surface area (Å²) < 4.78 is 2.04. The minimum Gasteiger partial charge on any atom is -0.249 e. The number of aromatic amines is 1. The van der Waals surface area contributed by atoms with Crippen LogP contribution in [0.3, 0.4) is 0 Å². The molecule has 2 aromatic carbocycles. The number of rotatable bonds is 10. The van der Waals surface area contributed by atoms with Crippen LogP contribution in [-0.2, 0) is 19.4 Å². The van der Waals surface area contributed by atoms with Crippen molar-refractivity contribution in [1.29, 1.82) is 0 Å². The van der Waals surface area contributed by atoms with Crippen molar-refractivity contribution in [3.63, 3.8) is 0 Å². The molecule has 0 spiro atoms. The molecular weight excluding hydrogens is 398 g/mol. The lowest BCUT2D eigenvalue weighted by molar-refractivity contribution is 0.558. The van der Waals surface area contributed by atoms with Crippen molar-refractivity contribution in [2.45, 2.75) is 46.1 Å². The summed E-state index contributed by atoms with van der Waals surface area (Å²) in [6.07, 6.45) is 5.57. The summed E-state index contributed by atoms with van der Waals surface area (Å²) in [5.41, 5.74) is 4.38. The van der Waals surface area contributed by atoms with E-state index < -0.39 is 0 Å². The van der Waals surface area contributed by atoms with Gasteiger partial charge in [-0.25, -0.2) is 14.8 Å². The van der Waals surface area contributed by atoms with E-state index in [1.54, 1.807) is 0 Å². The summed E-state index contributed by atoms with van der Waals surface area (Å²) in [6.45, 7) is 9.11. The molecule has 0 aliphatic rings. The van der Waals surface area contributed by atoms with Crippen LogP contribution in [0, 0.1) is 5.92 Å². The number of aromatic nitrogens is 7. The molecule has 0 amide bonds. The number of nitrogens with one attached hydrogen (secondary N) is 1. The minimum atomic E-state index is 0.640. The summed E-state index contributed by atoms with van der Waals surface area (Å²) in [7, 11) is 0. The second-order valence-corrected chi connectivity index (χ2v) is 8.35. The molecule has 0 saturated heterocycles. The van der Waals surface area contributed by atoms with Crippen molar-refractivity contribution >= 4 is 0 Å². The van der Waals surface area contributed by atoms with Gasteiger partial charge in [-0.1, -0.05) is 68.5 Å². The number of aryl methyl sites for hydroxylation is 2. The average Bonchev–Trinajstić information content (AvgIpc) is 3.47. The molecule has 1 N–H and O–H groups in total. The maximum atomic E-state index is 4.85. The van der Waals surface area contributed by atoms with Gasteiger partial charge in [-0.3, -0.25) is 0 Å². The molecule has 164 valence electrons. The molecule has 4 rings (SSSR count). The Bertz CT molecular complexity index is 1140. The van der Waals surface area contributed by atoms with Gasteiger partial charge in [0.1, 0.15) is 5.82 Å². The van der Waals surface area contributed by atoms with Gasteiger partial charge in [-0.15, -0.1) is 11.7 Å². The van der Waals surface area contributed by atoms with Crippen LogP contribution < -0.4 is 0 Å². The second-order valence-electron chi connectivity index (χ2n) is 8.35. The number of H-pyrrole nitrogens is 1. The summed E-state index contributed by atoms with van der Waals surface area (Å²) in [6, 6.07) is 16.7. The quantitative estimate of drug-likeness (QED) is 0.365. The van der Waals surface area contributed by atoms with E-state index in [0.717, 1.165) is 60.6 Å². The summed E-state index contributed by atoms with van der Waals surface area (Å²) in [5, 5.41) is 19.1. The van der Waals surface area contributed by atoms with Crippen molar-refractivity contribution in [3.8, 4) is 22.5 Å². The first kappa shape index (κ1) is 21.6. The summed E-state index contributed by atoms with van der Waals surface area (Å²) in [5.74, 6) is 3.24. The number of hydrogen-bond donors (Lipinski definition) is 1. The lowest BCUT2D eigenvalue weighted by Gasteiger charge is -2.09. The Balaban J connectivity index is 1.55. The Kier molecular flexibility index (Phi) is 6.84. The van der Waals surface area contributed by atoms with E-state index in [1.807, 2.05) is 29.0 Å². The molecule has 0 radical (unpaired) electrons. The lowest BCUT2D eigenvalue weighted by atomic mass is 9.98. The van der Waals surface area contributed by atoms with Gasteiger partial charge >= 0.3 is 0 Å². The molecule has 0 aliphatic heterocycles. The standard InChI is InChI=1S/C25H29N7/c1-4-5-16-32-24(26-23(29-32)15-10-18(2)3)17-19-11-13-20(14-12-19)21-8-6-7-9-22(21)25-27-30-31-28-25/h4,6-9,11-14,18H,1,5,10,15-17H2,2-3H3,(H,27,28,30,31). The van der Waals surface area contributed by atoms with Gasteiger partial charge in [0.05, 0.1) is 0 Å². The SMILES string of the molecule is C=CCCn1nc(CCC(C)C)nc1Cc1ccc(-c2ccccc2-c2nnn[nH]2)cc1. The summed E-state index contributed by atoms with van der Waals surface area (Å²) in [4.78, 5) is 4.85. The van der Waals surface area contributed by atoms with Gasteiger partial charge in [0.15, 0.2) is 11.6 Å². The predicted octanol–water partition coefficient (Wildman–Crippen LogP) is 4.88. The van der Waals surface area contributed by atoms with Gasteiger partial charge in [-0.05, 0) is 45.9 Å². The second kappa shape index (κ2) is 10.1. The monoisotopic (exact) mass is 427 g/mol. The Labute approximate surface area is 188 Å². The van der Waals surface area contributed by atoms with Gasteiger partial charge in [0, 0.05) is 24.9 Å². The van der Waals surface area contributed by atoms with Crippen LogP contribution in [0.5, 0.6) is 0 Å². The Morgan fingerprint density at radius 1 is 1.06 bits per heavy atom.